The van der Waals surface area contributed by atoms with Gasteiger partial charge in [-0.2, -0.15) is 0 Å². The maximum Gasteiger partial charge on any atom is 0.303 e. The maximum atomic E-state index is 10.5. The van der Waals surface area contributed by atoms with Crippen LogP contribution < -0.4 is 0 Å². The van der Waals surface area contributed by atoms with Crippen LogP contribution >= 0.6 is 15.9 Å². The summed E-state index contributed by atoms with van der Waals surface area (Å²) in [6.45, 7) is 3.98. The van der Waals surface area contributed by atoms with Gasteiger partial charge in [0.25, 0.3) is 0 Å². The highest BCUT2D eigenvalue weighted by Gasteiger charge is 2.39. The number of halogens is 1. The van der Waals surface area contributed by atoms with Gasteiger partial charge >= 0.3 is 5.97 Å². The number of aliphatic hydroxyl groups is 2. The number of aliphatic carboxylic acids is 1. The zero-order valence-corrected chi connectivity index (χ0v) is 17.7. The first-order valence-corrected chi connectivity index (χ1v) is 10.8. The summed E-state index contributed by atoms with van der Waals surface area (Å²) in [7, 11) is 0. The summed E-state index contributed by atoms with van der Waals surface area (Å²) in [4.78, 5) is 10.8. The number of allylic oxidation sites excluding steroid dienone is 2. The number of alkyl halides is 1. The van der Waals surface area contributed by atoms with Gasteiger partial charge in [-0.15, -0.1) is 0 Å². The lowest BCUT2D eigenvalue weighted by molar-refractivity contribution is -0.137. The molecule has 5 heteroatoms. The fourth-order valence-electron chi connectivity index (χ4n) is 3.54. The van der Waals surface area contributed by atoms with Crippen LogP contribution in [0.2, 0.25) is 0 Å². The third-order valence-corrected chi connectivity index (χ3v) is 6.22. The van der Waals surface area contributed by atoms with E-state index in [1.807, 2.05) is 25.2 Å². The zero-order chi connectivity index (χ0) is 19.6. The number of hydrogen-bond donors (Lipinski definition) is 3. The van der Waals surface area contributed by atoms with Crippen molar-refractivity contribution in [3.8, 4) is 0 Å². The van der Waals surface area contributed by atoms with E-state index in [0.717, 1.165) is 38.5 Å². The average Bonchev–Trinajstić information content (AvgIpc) is 2.82. The Hall–Kier alpha value is -0.650. The summed E-state index contributed by atoms with van der Waals surface area (Å²) in [6, 6.07) is 0. The minimum absolute atomic E-state index is 0.0284. The summed E-state index contributed by atoms with van der Waals surface area (Å²) in [5.74, 6) is -0.446. The molecule has 0 bridgehead atoms. The summed E-state index contributed by atoms with van der Waals surface area (Å²) < 4.78 is 0. The molecule has 4 nitrogen and oxygen atoms in total. The molecule has 0 amide bonds. The Morgan fingerprint density at radius 2 is 2.00 bits per heavy atom. The van der Waals surface area contributed by atoms with E-state index in [4.69, 9.17) is 5.11 Å². The van der Waals surface area contributed by atoms with Gasteiger partial charge in [0.05, 0.1) is 11.7 Å². The molecule has 0 saturated heterocycles. The van der Waals surface area contributed by atoms with E-state index in [9.17, 15) is 15.0 Å². The van der Waals surface area contributed by atoms with Crippen LogP contribution in [0.3, 0.4) is 0 Å². The molecule has 1 aliphatic carbocycles. The lowest BCUT2D eigenvalue weighted by Crippen LogP contribution is -2.23. The number of rotatable bonds is 12. The Bertz CT molecular complexity index is 473. The molecular formula is C21H35BrO4. The molecule has 0 aromatic heterocycles. The molecule has 150 valence electrons. The monoisotopic (exact) mass is 430 g/mol. The van der Waals surface area contributed by atoms with Crippen LogP contribution in [-0.2, 0) is 4.79 Å². The maximum absolute atomic E-state index is 10.5. The Morgan fingerprint density at radius 1 is 1.27 bits per heavy atom. The van der Waals surface area contributed by atoms with Crippen LogP contribution in [0.25, 0.3) is 0 Å². The molecule has 0 spiro atoms. The fourth-order valence-corrected chi connectivity index (χ4v) is 4.49. The molecule has 1 saturated carbocycles. The molecule has 1 unspecified atom stereocenters. The second-order valence-corrected chi connectivity index (χ2v) is 8.90. The molecule has 0 aromatic rings. The number of hydrogen-bond acceptors (Lipinski definition) is 3. The molecule has 0 aliphatic heterocycles. The molecule has 1 aliphatic rings. The number of carbonyl (C=O) groups is 1. The van der Waals surface area contributed by atoms with Crippen LogP contribution in [0.4, 0.5) is 0 Å². The predicted octanol–water partition coefficient (Wildman–Crippen LogP) is 4.84. The highest BCUT2D eigenvalue weighted by Crippen LogP contribution is 2.40. The molecule has 3 N–H and O–H groups in total. The van der Waals surface area contributed by atoms with E-state index in [1.165, 1.54) is 0 Å². The first-order chi connectivity index (χ1) is 12.3. The van der Waals surface area contributed by atoms with Gasteiger partial charge in [0.2, 0.25) is 0 Å². The quantitative estimate of drug-likeness (QED) is 0.235. The van der Waals surface area contributed by atoms with E-state index in [1.54, 1.807) is 0 Å². The van der Waals surface area contributed by atoms with Gasteiger partial charge in [0.15, 0.2) is 0 Å². The van der Waals surface area contributed by atoms with Gasteiger partial charge in [0.1, 0.15) is 0 Å². The van der Waals surface area contributed by atoms with Crippen molar-refractivity contribution < 1.29 is 20.1 Å². The molecule has 0 heterocycles. The third-order valence-electron chi connectivity index (χ3n) is 5.17. The topological polar surface area (TPSA) is 77.8 Å². The van der Waals surface area contributed by atoms with E-state index < -0.39 is 17.7 Å². The Morgan fingerprint density at radius 3 is 2.65 bits per heavy atom. The molecular weight excluding hydrogens is 396 g/mol. The van der Waals surface area contributed by atoms with Crippen molar-refractivity contribution in [3.05, 3.63) is 24.3 Å². The van der Waals surface area contributed by atoms with E-state index >= 15 is 0 Å². The molecule has 1 fully saturated rings. The molecule has 5 atom stereocenters. The Balaban J connectivity index is 2.56. The predicted molar refractivity (Wildman–Crippen MR) is 109 cm³/mol. The number of aliphatic hydroxyl groups excluding tert-OH is 1. The Kier molecular flexibility index (Phi) is 10.7. The highest BCUT2D eigenvalue weighted by atomic mass is 79.9. The van der Waals surface area contributed by atoms with Crippen molar-refractivity contribution in [3.63, 3.8) is 0 Å². The van der Waals surface area contributed by atoms with Crippen LogP contribution in [0, 0.1) is 11.8 Å². The van der Waals surface area contributed by atoms with Crippen molar-refractivity contribution in [2.45, 2.75) is 88.2 Å². The number of unbranched alkanes of at least 4 members (excludes halogenated alkanes) is 3. The molecule has 26 heavy (non-hydrogen) atoms. The first-order valence-electron chi connectivity index (χ1n) is 9.87. The second-order valence-electron chi connectivity index (χ2n) is 7.73. The van der Waals surface area contributed by atoms with E-state index in [0.29, 0.717) is 12.8 Å². The van der Waals surface area contributed by atoms with Gasteiger partial charge < -0.3 is 15.3 Å². The van der Waals surface area contributed by atoms with Crippen LogP contribution in [0.1, 0.15) is 71.6 Å². The molecule has 1 rings (SSSR count). The second kappa shape index (κ2) is 11.9. The van der Waals surface area contributed by atoms with Crippen LogP contribution in [-0.4, -0.2) is 37.8 Å². The van der Waals surface area contributed by atoms with Gasteiger partial charge in [-0.05, 0) is 44.9 Å². The minimum atomic E-state index is -0.823. The number of carboxylic acid groups (broad SMARTS) is 1. The smallest absolute Gasteiger partial charge is 0.303 e. The van der Waals surface area contributed by atoms with Crippen molar-refractivity contribution in [1.29, 1.82) is 0 Å². The average molecular weight is 431 g/mol. The third kappa shape index (κ3) is 8.83. The highest BCUT2D eigenvalue weighted by molar-refractivity contribution is 9.09. The van der Waals surface area contributed by atoms with Crippen molar-refractivity contribution in [2.24, 2.45) is 11.8 Å². The van der Waals surface area contributed by atoms with Gasteiger partial charge in [0, 0.05) is 17.2 Å². The van der Waals surface area contributed by atoms with Gasteiger partial charge in [-0.1, -0.05) is 66.4 Å². The van der Waals surface area contributed by atoms with Crippen molar-refractivity contribution >= 4 is 21.9 Å². The lowest BCUT2D eigenvalue weighted by atomic mass is 9.88. The SMILES string of the molecule is CCCCCC(C)(O)/C=C/[C@@H]1[C@@H](C/C=C\CCCC(=O)O)[C@H](Br)C[C@H]1O. The van der Waals surface area contributed by atoms with Crippen molar-refractivity contribution in [1.82, 2.24) is 0 Å². The lowest BCUT2D eigenvalue weighted by Gasteiger charge is -2.23. The van der Waals surface area contributed by atoms with E-state index in [2.05, 4.69) is 28.9 Å². The standard InChI is InChI=1S/C21H35BrO4/c1-3-4-9-13-21(2,26)14-12-17-16(18(22)15-19(17)23)10-7-5-6-8-11-20(24)25/h5,7,12,14,16-19,23,26H,3-4,6,8-11,13,15H2,1-2H3,(H,24,25)/b7-5-,14-12+/t16-,17-,18-,19-,21?/m1/s1. The van der Waals surface area contributed by atoms with Crippen LogP contribution in [0.5, 0.6) is 0 Å². The fraction of sp³-hybridized carbons (Fsp3) is 0.762. The molecule has 0 aromatic carbocycles. The van der Waals surface area contributed by atoms with Gasteiger partial charge in [-0.3, -0.25) is 4.79 Å². The summed E-state index contributed by atoms with van der Waals surface area (Å²) in [6.07, 6.45) is 14.8. The summed E-state index contributed by atoms with van der Waals surface area (Å²) in [5, 5.41) is 29.6. The van der Waals surface area contributed by atoms with E-state index in [-0.39, 0.29) is 23.1 Å². The Labute approximate surface area is 166 Å². The van der Waals surface area contributed by atoms with Crippen LogP contribution in [0.15, 0.2) is 24.3 Å². The zero-order valence-electron chi connectivity index (χ0n) is 16.1. The van der Waals surface area contributed by atoms with Gasteiger partial charge in [-0.25, -0.2) is 0 Å². The summed E-state index contributed by atoms with van der Waals surface area (Å²) >= 11 is 3.69. The van der Waals surface area contributed by atoms with Crippen molar-refractivity contribution in [2.75, 3.05) is 0 Å². The largest absolute Gasteiger partial charge is 0.481 e. The minimum Gasteiger partial charge on any atom is -0.481 e. The first kappa shape index (κ1) is 23.4. The normalized spacial score (nSPS) is 28.8. The number of carboxylic acids is 1. The molecule has 0 radical (unpaired) electrons. The summed E-state index contributed by atoms with van der Waals surface area (Å²) in [5.41, 5.74) is -0.823.